The summed E-state index contributed by atoms with van der Waals surface area (Å²) in [6.07, 6.45) is 1.50. The highest BCUT2D eigenvalue weighted by molar-refractivity contribution is 9.10. The van der Waals surface area contributed by atoms with E-state index >= 15 is 0 Å². The number of ether oxygens (including phenoxy) is 2. The van der Waals surface area contributed by atoms with Crippen LogP contribution in [0.15, 0.2) is 51.8 Å². The van der Waals surface area contributed by atoms with Crippen LogP contribution in [0.2, 0.25) is 0 Å². The molecule has 1 aliphatic rings. The van der Waals surface area contributed by atoms with Crippen molar-refractivity contribution in [3.05, 3.63) is 63.2 Å². The topological polar surface area (TPSA) is 102 Å². The zero-order chi connectivity index (χ0) is 24.0. The minimum absolute atomic E-state index is 0.0415. The first-order valence-electron chi connectivity index (χ1n) is 9.66. The molecule has 0 spiro atoms. The molecule has 0 unspecified atom stereocenters. The van der Waals surface area contributed by atoms with Crippen molar-refractivity contribution in [2.75, 3.05) is 25.1 Å². The number of esters is 1. The van der Waals surface area contributed by atoms with Gasteiger partial charge in [0.1, 0.15) is 18.1 Å². The molecule has 0 aliphatic carbocycles. The Bertz CT molecular complexity index is 1140. The number of rotatable bonds is 8. The molecule has 1 N–H and O–H groups in total. The van der Waals surface area contributed by atoms with Crippen molar-refractivity contribution < 1.29 is 33.0 Å². The molecule has 2 aromatic carbocycles. The summed E-state index contributed by atoms with van der Waals surface area (Å²) in [6, 6.07) is 10.5. The molecule has 0 saturated carbocycles. The van der Waals surface area contributed by atoms with Gasteiger partial charge in [0.25, 0.3) is 11.1 Å². The molecule has 1 aliphatic heterocycles. The molecule has 172 valence electrons. The maximum atomic E-state index is 13.7. The lowest BCUT2D eigenvalue weighted by molar-refractivity contribution is -0.145. The first kappa shape index (κ1) is 24.5. The zero-order valence-corrected chi connectivity index (χ0v) is 19.7. The molecule has 1 saturated heterocycles. The van der Waals surface area contributed by atoms with E-state index in [2.05, 4.69) is 21.2 Å². The summed E-state index contributed by atoms with van der Waals surface area (Å²) in [5.74, 6) is -2.05. The number of benzene rings is 2. The van der Waals surface area contributed by atoms with Crippen LogP contribution in [0.5, 0.6) is 5.75 Å². The summed E-state index contributed by atoms with van der Waals surface area (Å²) in [4.78, 5) is 49.4. The van der Waals surface area contributed by atoms with Gasteiger partial charge in [-0.1, -0.05) is 18.2 Å². The maximum absolute atomic E-state index is 13.7. The van der Waals surface area contributed by atoms with Crippen LogP contribution in [-0.2, 0) is 19.1 Å². The lowest BCUT2D eigenvalue weighted by Gasteiger charge is -2.12. The van der Waals surface area contributed by atoms with Crippen molar-refractivity contribution in [1.29, 1.82) is 0 Å². The lowest BCUT2D eigenvalue weighted by Crippen LogP contribution is -2.36. The fourth-order valence-corrected chi connectivity index (χ4v) is 4.10. The molecular formula is C22H18BrFN2O6S. The predicted octanol–water partition coefficient (Wildman–Crippen LogP) is 4.21. The highest BCUT2D eigenvalue weighted by Gasteiger charge is 2.36. The highest BCUT2D eigenvalue weighted by Crippen LogP contribution is 2.34. The van der Waals surface area contributed by atoms with Crippen molar-refractivity contribution in [1.82, 2.24) is 4.90 Å². The molecule has 0 atom stereocenters. The first-order valence-corrected chi connectivity index (χ1v) is 11.3. The molecule has 3 rings (SSSR count). The van der Waals surface area contributed by atoms with Crippen molar-refractivity contribution in [3.63, 3.8) is 0 Å². The molecule has 0 radical (unpaired) electrons. The van der Waals surface area contributed by atoms with Gasteiger partial charge in [-0.3, -0.25) is 19.3 Å². The predicted molar refractivity (Wildman–Crippen MR) is 124 cm³/mol. The fraction of sp³-hybridized carbons (Fsp3) is 0.182. The molecule has 33 heavy (non-hydrogen) atoms. The molecule has 2 aromatic rings. The van der Waals surface area contributed by atoms with Gasteiger partial charge in [-0.05, 0) is 70.5 Å². The average molecular weight is 537 g/mol. The van der Waals surface area contributed by atoms with E-state index in [1.807, 2.05) is 0 Å². The number of carbonyl (C=O) groups excluding carboxylic acids is 4. The zero-order valence-electron chi connectivity index (χ0n) is 17.3. The van der Waals surface area contributed by atoms with Crippen LogP contribution in [0.3, 0.4) is 0 Å². The summed E-state index contributed by atoms with van der Waals surface area (Å²) in [6.45, 7) is 1.15. The van der Waals surface area contributed by atoms with Crippen LogP contribution in [0.1, 0.15) is 12.5 Å². The van der Waals surface area contributed by atoms with Gasteiger partial charge in [-0.2, -0.15) is 0 Å². The Balaban J connectivity index is 1.65. The monoisotopic (exact) mass is 536 g/mol. The van der Waals surface area contributed by atoms with Gasteiger partial charge in [0, 0.05) is 0 Å². The van der Waals surface area contributed by atoms with Crippen molar-refractivity contribution in [2.24, 2.45) is 0 Å². The molecule has 3 amide bonds. The van der Waals surface area contributed by atoms with Crippen LogP contribution >= 0.6 is 27.7 Å². The van der Waals surface area contributed by atoms with Crippen LogP contribution in [0.25, 0.3) is 6.08 Å². The van der Waals surface area contributed by atoms with Gasteiger partial charge in [-0.25, -0.2) is 9.18 Å². The number of carbonyl (C=O) groups is 4. The quantitative estimate of drug-likeness (QED) is 0.398. The lowest BCUT2D eigenvalue weighted by atomic mass is 10.2. The van der Waals surface area contributed by atoms with Crippen molar-refractivity contribution in [3.8, 4) is 5.75 Å². The van der Waals surface area contributed by atoms with E-state index in [1.54, 1.807) is 31.2 Å². The Hall–Kier alpha value is -3.18. The third kappa shape index (κ3) is 6.42. The fourth-order valence-electron chi connectivity index (χ4n) is 2.75. The van der Waals surface area contributed by atoms with Crippen molar-refractivity contribution in [2.45, 2.75) is 6.92 Å². The summed E-state index contributed by atoms with van der Waals surface area (Å²) >= 11 is 4.03. The summed E-state index contributed by atoms with van der Waals surface area (Å²) in [7, 11) is 0. The van der Waals surface area contributed by atoms with E-state index in [0.717, 1.165) is 4.90 Å². The molecule has 1 fully saturated rings. The summed E-state index contributed by atoms with van der Waals surface area (Å²) in [5.41, 5.74) is 0.548. The smallest absolute Gasteiger partial charge is 0.344 e. The van der Waals surface area contributed by atoms with Gasteiger partial charge in [-0.15, -0.1) is 0 Å². The van der Waals surface area contributed by atoms with E-state index in [-0.39, 0.29) is 23.8 Å². The van der Waals surface area contributed by atoms with Gasteiger partial charge < -0.3 is 14.8 Å². The van der Waals surface area contributed by atoms with Gasteiger partial charge in [0.15, 0.2) is 6.61 Å². The van der Waals surface area contributed by atoms with Crippen LogP contribution in [0.4, 0.5) is 14.9 Å². The Kier molecular flexibility index (Phi) is 8.23. The molecule has 8 nitrogen and oxygen atoms in total. The Morgan fingerprint density at radius 3 is 2.67 bits per heavy atom. The number of hydrogen-bond acceptors (Lipinski definition) is 7. The van der Waals surface area contributed by atoms with Gasteiger partial charge in [0.2, 0.25) is 5.91 Å². The third-order valence-corrected chi connectivity index (χ3v) is 5.75. The second kappa shape index (κ2) is 11.1. The van der Waals surface area contributed by atoms with Gasteiger partial charge >= 0.3 is 5.97 Å². The number of amides is 3. The Labute approximate surface area is 201 Å². The molecule has 0 aromatic heterocycles. The maximum Gasteiger partial charge on any atom is 0.344 e. The number of nitrogens with one attached hydrogen (secondary N) is 1. The standard InChI is InChI=1S/C22H18BrFN2O6S/c1-2-31-20(28)12-32-17-8-7-13(9-14(17)23)10-18-21(29)26(22(30)33-18)11-19(27)25-16-6-4-3-5-15(16)24/h3-10H,2,11-12H2,1H3,(H,25,27)/b18-10-. The van der Waals surface area contributed by atoms with Gasteiger partial charge in [0.05, 0.1) is 21.7 Å². The highest BCUT2D eigenvalue weighted by atomic mass is 79.9. The molecule has 11 heteroatoms. The number of hydrogen-bond donors (Lipinski definition) is 1. The number of nitrogens with zero attached hydrogens (tertiary/aromatic N) is 1. The largest absolute Gasteiger partial charge is 0.481 e. The number of para-hydroxylation sites is 1. The second-order valence-corrected chi connectivity index (χ2v) is 8.43. The van der Waals surface area contributed by atoms with E-state index in [0.29, 0.717) is 27.5 Å². The van der Waals surface area contributed by atoms with Crippen molar-refractivity contribution >= 4 is 62.5 Å². The second-order valence-electron chi connectivity index (χ2n) is 6.58. The first-order chi connectivity index (χ1) is 15.8. The number of thioether (sulfide) groups is 1. The number of imide groups is 1. The molecule has 1 heterocycles. The normalized spacial score (nSPS) is 14.5. The summed E-state index contributed by atoms with van der Waals surface area (Å²) in [5, 5.41) is 1.73. The van der Waals surface area contributed by atoms with Crippen LogP contribution in [0, 0.1) is 5.82 Å². The Morgan fingerprint density at radius 2 is 1.97 bits per heavy atom. The SMILES string of the molecule is CCOC(=O)COc1ccc(/C=C2\SC(=O)N(CC(=O)Nc3ccccc3F)C2=O)cc1Br. The van der Waals surface area contributed by atoms with E-state index in [1.165, 1.54) is 24.3 Å². The summed E-state index contributed by atoms with van der Waals surface area (Å²) < 4.78 is 24.4. The Morgan fingerprint density at radius 1 is 1.21 bits per heavy atom. The molecule has 0 bridgehead atoms. The number of halogens is 2. The molecular weight excluding hydrogens is 519 g/mol. The third-order valence-electron chi connectivity index (χ3n) is 4.23. The minimum Gasteiger partial charge on any atom is -0.481 e. The van der Waals surface area contributed by atoms with Crippen LogP contribution < -0.4 is 10.1 Å². The van der Waals surface area contributed by atoms with E-state index in [9.17, 15) is 23.6 Å². The van der Waals surface area contributed by atoms with E-state index in [4.69, 9.17) is 9.47 Å². The average Bonchev–Trinajstić information content (AvgIpc) is 3.02. The number of anilines is 1. The van der Waals surface area contributed by atoms with E-state index < -0.39 is 35.4 Å². The van der Waals surface area contributed by atoms with Crippen LogP contribution in [-0.4, -0.2) is 47.7 Å². The minimum atomic E-state index is -0.700.